The smallest absolute Gasteiger partial charge is 0.317 e. The molecule has 1 atom stereocenters. The Morgan fingerprint density at radius 1 is 1.26 bits per heavy atom. The van der Waals surface area contributed by atoms with E-state index in [-0.39, 0.29) is 24.9 Å². The molecule has 0 aliphatic rings. The molecule has 1 amide bonds. The number of benzene rings is 1. The number of carboxylic acid groups (broad SMARTS) is 1. The van der Waals surface area contributed by atoms with Gasteiger partial charge in [0.1, 0.15) is 0 Å². The van der Waals surface area contributed by atoms with E-state index in [0.717, 1.165) is 17.5 Å². The molecular weight excluding hydrogens is 316 g/mol. The van der Waals surface area contributed by atoms with Crippen molar-refractivity contribution in [1.29, 1.82) is 0 Å². The lowest BCUT2D eigenvalue weighted by Gasteiger charge is -2.30. The summed E-state index contributed by atoms with van der Waals surface area (Å²) < 4.78 is 0. The fourth-order valence-corrected chi connectivity index (χ4v) is 2.47. The average molecular weight is 343 g/mol. The highest BCUT2D eigenvalue weighted by Crippen LogP contribution is 2.12. The van der Waals surface area contributed by atoms with Gasteiger partial charge in [-0.05, 0) is 37.9 Å². The lowest BCUT2D eigenvalue weighted by molar-refractivity contribution is -0.142. The molecule has 1 N–H and O–H groups in total. The Morgan fingerprint density at radius 2 is 1.87 bits per heavy atom. The van der Waals surface area contributed by atoms with Crippen LogP contribution >= 0.6 is 12.4 Å². The number of hydrogen-bond donors (Lipinski definition) is 1. The third-order valence-corrected chi connectivity index (χ3v) is 3.80. The maximum absolute atomic E-state index is 12.5. The number of carbonyl (C=O) groups is 2. The molecule has 1 aromatic carbocycles. The Morgan fingerprint density at radius 3 is 2.39 bits per heavy atom. The monoisotopic (exact) mass is 342 g/mol. The van der Waals surface area contributed by atoms with E-state index in [2.05, 4.69) is 0 Å². The molecule has 0 radical (unpaired) electrons. The molecule has 0 aromatic heterocycles. The zero-order valence-electron chi connectivity index (χ0n) is 14.3. The van der Waals surface area contributed by atoms with Crippen molar-refractivity contribution in [2.45, 2.75) is 39.8 Å². The van der Waals surface area contributed by atoms with Crippen LogP contribution in [0.15, 0.2) is 24.3 Å². The predicted molar refractivity (Wildman–Crippen MR) is 93.9 cm³/mol. The number of carbonyl (C=O) groups excluding carboxylic acids is 1. The third kappa shape index (κ3) is 6.59. The van der Waals surface area contributed by atoms with Crippen LogP contribution in [0, 0.1) is 6.92 Å². The summed E-state index contributed by atoms with van der Waals surface area (Å²) in [4.78, 5) is 26.9. The molecule has 1 unspecified atom stereocenters. The van der Waals surface area contributed by atoms with Crippen LogP contribution in [0.5, 0.6) is 0 Å². The van der Waals surface area contributed by atoms with Crippen LogP contribution in [0.1, 0.15) is 31.4 Å². The Bertz CT molecular complexity index is 522. The van der Waals surface area contributed by atoms with Gasteiger partial charge in [-0.25, -0.2) is 0 Å². The summed E-state index contributed by atoms with van der Waals surface area (Å²) in [5, 5.41) is 8.98. The van der Waals surface area contributed by atoms with E-state index in [9.17, 15) is 9.59 Å². The normalized spacial score (nSPS) is 11.7. The lowest BCUT2D eigenvalue weighted by Crippen LogP contribution is -2.47. The van der Waals surface area contributed by atoms with Crippen molar-refractivity contribution >= 4 is 24.3 Å². The van der Waals surface area contributed by atoms with Crippen LogP contribution < -0.4 is 0 Å². The third-order valence-electron chi connectivity index (χ3n) is 3.80. The van der Waals surface area contributed by atoms with Crippen molar-refractivity contribution in [2.24, 2.45) is 0 Å². The minimum absolute atomic E-state index is 0. The first kappa shape index (κ1) is 21.4. The number of carboxylic acids is 1. The van der Waals surface area contributed by atoms with E-state index in [1.807, 2.05) is 38.1 Å². The summed E-state index contributed by atoms with van der Waals surface area (Å²) in [6.07, 6.45) is 0.812. The number of nitrogens with zero attached hydrogens (tertiary/aromatic N) is 2. The van der Waals surface area contributed by atoms with Crippen LogP contribution in [0.3, 0.4) is 0 Å². The summed E-state index contributed by atoms with van der Waals surface area (Å²) in [6.45, 7) is 6.78. The SMILES string of the molecule is CCCN(CC(=O)O)C(C)C(=O)N(C)Cc1ccccc1C.Cl. The van der Waals surface area contributed by atoms with Crippen molar-refractivity contribution in [1.82, 2.24) is 9.80 Å². The Hall–Kier alpha value is -1.59. The summed E-state index contributed by atoms with van der Waals surface area (Å²) in [7, 11) is 1.76. The summed E-state index contributed by atoms with van der Waals surface area (Å²) in [5.41, 5.74) is 2.25. The van der Waals surface area contributed by atoms with Crippen molar-refractivity contribution in [3.8, 4) is 0 Å². The van der Waals surface area contributed by atoms with Gasteiger partial charge in [-0.15, -0.1) is 12.4 Å². The summed E-state index contributed by atoms with van der Waals surface area (Å²) >= 11 is 0. The number of rotatable bonds is 8. The van der Waals surface area contributed by atoms with E-state index >= 15 is 0 Å². The van der Waals surface area contributed by atoms with Gasteiger partial charge < -0.3 is 10.0 Å². The first-order chi connectivity index (χ1) is 10.4. The molecule has 0 heterocycles. The molecule has 0 fully saturated rings. The molecule has 0 aliphatic heterocycles. The quantitative estimate of drug-likeness (QED) is 0.788. The van der Waals surface area contributed by atoms with Gasteiger partial charge in [0.15, 0.2) is 0 Å². The van der Waals surface area contributed by atoms with Crippen molar-refractivity contribution in [2.75, 3.05) is 20.1 Å². The number of halogens is 1. The molecule has 0 saturated heterocycles. The minimum Gasteiger partial charge on any atom is -0.480 e. The predicted octanol–water partition coefficient (Wildman–Crippen LogP) is 2.56. The van der Waals surface area contributed by atoms with Crippen LogP contribution in [0.4, 0.5) is 0 Å². The van der Waals surface area contributed by atoms with Crippen LogP contribution in [-0.4, -0.2) is 53.0 Å². The summed E-state index contributed by atoms with van der Waals surface area (Å²) in [6, 6.07) is 7.51. The highest BCUT2D eigenvalue weighted by Gasteiger charge is 2.25. The first-order valence-corrected chi connectivity index (χ1v) is 7.62. The zero-order valence-corrected chi connectivity index (χ0v) is 15.1. The highest BCUT2D eigenvalue weighted by molar-refractivity contribution is 5.85. The van der Waals surface area contributed by atoms with Gasteiger partial charge >= 0.3 is 5.97 Å². The van der Waals surface area contributed by atoms with Gasteiger partial charge in [0, 0.05) is 13.6 Å². The van der Waals surface area contributed by atoms with Gasteiger partial charge in [0.2, 0.25) is 5.91 Å². The molecule has 0 bridgehead atoms. The number of hydrogen-bond acceptors (Lipinski definition) is 3. The second-order valence-corrected chi connectivity index (χ2v) is 5.66. The number of aryl methyl sites for hydroxylation is 1. The van der Waals surface area contributed by atoms with E-state index in [1.165, 1.54) is 0 Å². The minimum atomic E-state index is -0.908. The Kier molecular flexibility index (Phi) is 9.53. The summed E-state index contributed by atoms with van der Waals surface area (Å²) in [5.74, 6) is -0.965. The number of aliphatic carboxylic acids is 1. The molecule has 130 valence electrons. The van der Waals surface area contributed by atoms with Gasteiger partial charge in [-0.1, -0.05) is 31.2 Å². The Balaban J connectivity index is 0.00000484. The largest absolute Gasteiger partial charge is 0.480 e. The van der Waals surface area contributed by atoms with E-state index in [1.54, 1.807) is 23.8 Å². The number of likely N-dealkylation sites (N-methyl/N-ethyl adjacent to an activating group) is 1. The van der Waals surface area contributed by atoms with Crippen LogP contribution in [-0.2, 0) is 16.1 Å². The fraction of sp³-hybridized carbons (Fsp3) is 0.529. The van der Waals surface area contributed by atoms with Crippen molar-refractivity contribution in [3.63, 3.8) is 0 Å². The standard InChI is InChI=1S/C17H26N2O3.ClH/c1-5-10-19(12-16(20)21)14(3)17(22)18(4)11-15-9-7-6-8-13(15)2;/h6-9,14H,5,10-12H2,1-4H3,(H,20,21);1H. The van der Waals surface area contributed by atoms with E-state index in [4.69, 9.17) is 5.11 Å². The van der Waals surface area contributed by atoms with Crippen molar-refractivity contribution < 1.29 is 14.7 Å². The zero-order chi connectivity index (χ0) is 16.7. The van der Waals surface area contributed by atoms with Crippen molar-refractivity contribution in [3.05, 3.63) is 35.4 Å². The van der Waals surface area contributed by atoms with E-state index in [0.29, 0.717) is 13.1 Å². The molecule has 23 heavy (non-hydrogen) atoms. The maximum atomic E-state index is 12.5. The number of amides is 1. The molecule has 5 nitrogen and oxygen atoms in total. The van der Waals surface area contributed by atoms with E-state index < -0.39 is 12.0 Å². The lowest BCUT2D eigenvalue weighted by atomic mass is 10.1. The molecular formula is C17H27ClN2O3. The second-order valence-electron chi connectivity index (χ2n) is 5.66. The molecule has 0 aliphatic carbocycles. The molecule has 0 saturated carbocycles. The highest BCUT2D eigenvalue weighted by atomic mass is 35.5. The van der Waals surface area contributed by atoms with Gasteiger partial charge in [-0.2, -0.15) is 0 Å². The molecule has 1 aromatic rings. The van der Waals surface area contributed by atoms with Gasteiger partial charge in [0.25, 0.3) is 0 Å². The van der Waals surface area contributed by atoms with Crippen LogP contribution in [0.25, 0.3) is 0 Å². The first-order valence-electron chi connectivity index (χ1n) is 7.62. The molecule has 0 spiro atoms. The fourth-order valence-electron chi connectivity index (χ4n) is 2.47. The molecule has 6 heteroatoms. The van der Waals surface area contributed by atoms with Gasteiger partial charge in [-0.3, -0.25) is 14.5 Å². The molecule has 1 rings (SSSR count). The maximum Gasteiger partial charge on any atom is 0.317 e. The average Bonchev–Trinajstić information content (AvgIpc) is 2.47. The second kappa shape index (κ2) is 10.2. The van der Waals surface area contributed by atoms with Gasteiger partial charge in [0.05, 0.1) is 12.6 Å². The topological polar surface area (TPSA) is 60.9 Å². The van der Waals surface area contributed by atoms with Crippen LogP contribution in [0.2, 0.25) is 0 Å². The Labute approximate surface area is 144 Å².